The molecule has 0 spiro atoms. The largest absolute Gasteiger partial charge is 0.355 e. The number of nitrogens with zero attached hydrogens (tertiary/aromatic N) is 2. The molecule has 0 saturated carbocycles. The Hall–Kier alpha value is -1.36. The van der Waals surface area contributed by atoms with Crippen LogP contribution in [-0.2, 0) is 18.3 Å². The highest BCUT2D eigenvalue weighted by molar-refractivity contribution is 5.78. The van der Waals surface area contributed by atoms with Gasteiger partial charge < -0.3 is 11.1 Å². The summed E-state index contributed by atoms with van der Waals surface area (Å²) >= 11 is 0. The van der Waals surface area contributed by atoms with Gasteiger partial charge >= 0.3 is 0 Å². The standard InChI is InChI=1S/C10H18N4O/c1-8(7-11)10(15)12-5-3-9-4-6-14(2)13-9/h4,6,8H,3,5,7,11H2,1-2H3,(H,12,15). The van der Waals surface area contributed by atoms with Gasteiger partial charge in [0.1, 0.15) is 0 Å². The molecule has 0 aliphatic heterocycles. The predicted octanol–water partition coefficient (Wildman–Crippen LogP) is -0.326. The Balaban J connectivity index is 2.24. The summed E-state index contributed by atoms with van der Waals surface area (Å²) in [5.41, 5.74) is 6.37. The molecule has 1 unspecified atom stereocenters. The number of aromatic nitrogens is 2. The third-order valence-corrected chi connectivity index (χ3v) is 2.25. The monoisotopic (exact) mass is 210 g/mol. The second-order valence-electron chi connectivity index (χ2n) is 3.66. The average molecular weight is 210 g/mol. The highest BCUT2D eigenvalue weighted by Crippen LogP contribution is 1.95. The number of nitrogens with two attached hydrogens (primary N) is 1. The lowest BCUT2D eigenvalue weighted by Gasteiger charge is -2.08. The van der Waals surface area contributed by atoms with Crippen molar-refractivity contribution in [1.29, 1.82) is 0 Å². The fourth-order valence-electron chi connectivity index (χ4n) is 1.19. The molecule has 0 aliphatic rings. The summed E-state index contributed by atoms with van der Waals surface area (Å²) in [5.74, 6) is -0.109. The van der Waals surface area contributed by atoms with Gasteiger partial charge in [-0.3, -0.25) is 9.48 Å². The molecule has 5 nitrogen and oxygen atoms in total. The summed E-state index contributed by atoms with van der Waals surface area (Å²) in [7, 11) is 1.87. The van der Waals surface area contributed by atoms with E-state index in [1.54, 1.807) is 4.68 Å². The van der Waals surface area contributed by atoms with Crippen molar-refractivity contribution in [2.24, 2.45) is 18.7 Å². The van der Waals surface area contributed by atoms with Crippen molar-refractivity contribution in [1.82, 2.24) is 15.1 Å². The van der Waals surface area contributed by atoms with Crippen molar-refractivity contribution in [3.63, 3.8) is 0 Å². The van der Waals surface area contributed by atoms with Crippen LogP contribution in [0.15, 0.2) is 12.3 Å². The molecule has 1 amide bonds. The summed E-state index contributed by atoms with van der Waals surface area (Å²) in [6, 6.07) is 1.94. The molecule has 5 heteroatoms. The maximum absolute atomic E-state index is 11.4. The van der Waals surface area contributed by atoms with Crippen molar-refractivity contribution in [2.75, 3.05) is 13.1 Å². The zero-order valence-corrected chi connectivity index (χ0v) is 9.23. The molecule has 1 rings (SSSR count). The van der Waals surface area contributed by atoms with Crippen LogP contribution in [0, 0.1) is 5.92 Å². The Labute approximate surface area is 89.6 Å². The Morgan fingerprint density at radius 3 is 3.00 bits per heavy atom. The molecule has 1 heterocycles. The van der Waals surface area contributed by atoms with E-state index >= 15 is 0 Å². The van der Waals surface area contributed by atoms with Gasteiger partial charge in [-0.25, -0.2) is 0 Å². The molecule has 15 heavy (non-hydrogen) atoms. The first-order chi connectivity index (χ1) is 7.13. The van der Waals surface area contributed by atoms with Crippen molar-refractivity contribution >= 4 is 5.91 Å². The molecule has 84 valence electrons. The lowest BCUT2D eigenvalue weighted by molar-refractivity contribution is -0.124. The maximum atomic E-state index is 11.4. The predicted molar refractivity (Wildman–Crippen MR) is 58.1 cm³/mol. The van der Waals surface area contributed by atoms with E-state index in [-0.39, 0.29) is 11.8 Å². The third kappa shape index (κ3) is 3.71. The van der Waals surface area contributed by atoms with Crippen LogP contribution in [0.1, 0.15) is 12.6 Å². The minimum Gasteiger partial charge on any atom is -0.355 e. The first-order valence-electron chi connectivity index (χ1n) is 5.09. The quantitative estimate of drug-likeness (QED) is 0.699. The summed E-state index contributed by atoms with van der Waals surface area (Å²) in [4.78, 5) is 11.4. The fourth-order valence-corrected chi connectivity index (χ4v) is 1.19. The van der Waals surface area contributed by atoms with Crippen molar-refractivity contribution in [3.8, 4) is 0 Å². The van der Waals surface area contributed by atoms with Crippen LogP contribution in [0.4, 0.5) is 0 Å². The van der Waals surface area contributed by atoms with Gasteiger partial charge in [-0.1, -0.05) is 6.92 Å². The highest BCUT2D eigenvalue weighted by Gasteiger charge is 2.09. The fraction of sp³-hybridized carbons (Fsp3) is 0.600. The molecule has 0 aromatic carbocycles. The molecule has 0 saturated heterocycles. The van der Waals surface area contributed by atoms with Crippen molar-refractivity contribution in [2.45, 2.75) is 13.3 Å². The summed E-state index contributed by atoms with van der Waals surface area (Å²) in [6.07, 6.45) is 2.64. The van der Waals surface area contributed by atoms with E-state index in [0.717, 1.165) is 12.1 Å². The minimum atomic E-state index is -0.117. The Bertz CT molecular complexity index is 321. The topological polar surface area (TPSA) is 72.9 Å². The van der Waals surface area contributed by atoms with Gasteiger partial charge in [0.2, 0.25) is 5.91 Å². The van der Waals surface area contributed by atoms with E-state index in [4.69, 9.17) is 5.73 Å². The van der Waals surface area contributed by atoms with Crippen LogP contribution in [0.25, 0.3) is 0 Å². The van der Waals surface area contributed by atoms with E-state index in [9.17, 15) is 4.79 Å². The molecule has 0 bridgehead atoms. The van der Waals surface area contributed by atoms with Crippen LogP contribution in [0.3, 0.4) is 0 Å². The van der Waals surface area contributed by atoms with E-state index in [2.05, 4.69) is 10.4 Å². The Morgan fingerprint density at radius 1 is 1.73 bits per heavy atom. The van der Waals surface area contributed by atoms with E-state index in [0.29, 0.717) is 13.1 Å². The zero-order valence-electron chi connectivity index (χ0n) is 9.23. The van der Waals surface area contributed by atoms with Gasteiger partial charge in [-0.05, 0) is 6.07 Å². The van der Waals surface area contributed by atoms with Crippen LogP contribution in [0.5, 0.6) is 0 Å². The summed E-state index contributed by atoms with van der Waals surface area (Å²) in [5, 5.41) is 7.04. The second kappa shape index (κ2) is 5.50. The second-order valence-corrected chi connectivity index (χ2v) is 3.66. The molecule has 3 N–H and O–H groups in total. The Kier molecular flexibility index (Phi) is 4.30. The van der Waals surface area contributed by atoms with Crippen LogP contribution in [-0.4, -0.2) is 28.8 Å². The molecule has 0 fully saturated rings. The molecule has 0 radical (unpaired) electrons. The first kappa shape index (κ1) is 11.7. The van der Waals surface area contributed by atoms with Gasteiger partial charge in [0.05, 0.1) is 5.69 Å². The van der Waals surface area contributed by atoms with Gasteiger partial charge in [-0.2, -0.15) is 5.10 Å². The lowest BCUT2D eigenvalue weighted by atomic mass is 10.1. The summed E-state index contributed by atoms with van der Waals surface area (Å²) in [6.45, 7) is 2.81. The lowest BCUT2D eigenvalue weighted by Crippen LogP contribution is -2.34. The molecular formula is C10H18N4O. The molecule has 1 atom stereocenters. The number of aryl methyl sites for hydroxylation is 1. The van der Waals surface area contributed by atoms with Gasteiger partial charge in [-0.15, -0.1) is 0 Å². The van der Waals surface area contributed by atoms with Crippen molar-refractivity contribution < 1.29 is 4.79 Å². The SMILES string of the molecule is CC(CN)C(=O)NCCc1ccn(C)n1. The van der Waals surface area contributed by atoms with Crippen LogP contribution in [0.2, 0.25) is 0 Å². The normalized spacial score (nSPS) is 12.5. The molecule has 1 aromatic heterocycles. The molecular weight excluding hydrogens is 192 g/mol. The number of hydrogen-bond donors (Lipinski definition) is 2. The average Bonchev–Trinajstić information content (AvgIpc) is 2.63. The van der Waals surface area contributed by atoms with Gasteiger partial charge in [0, 0.05) is 38.7 Å². The number of nitrogens with one attached hydrogen (secondary N) is 1. The molecule has 1 aromatic rings. The smallest absolute Gasteiger partial charge is 0.224 e. The number of carbonyl (C=O) groups excluding carboxylic acids is 1. The van der Waals surface area contributed by atoms with E-state index in [1.165, 1.54) is 0 Å². The summed E-state index contributed by atoms with van der Waals surface area (Å²) < 4.78 is 1.75. The van der Waals surface area contributed by atoms with Crippen LogP contribution < -0.4 is 11.1 Å². The minimum absolute atomic E-state index is 0.00781. The van der Waals surface area contributed by atoms with Gasteiger partial charge in [0.25, 0.3) is 0 Å². The van der Waals surface area contributed by atoms with Gasteiger partial charge in [0.15, 0.2) is 0 Å². The molecule has 0 aliphatic carbocycles. The highest BCUT2D eigenvalue weighted by atomic mass is 16.1. The number of carbonyl (C=O) groups is 1. The Morgan fingerprint density at radius 2 is 2.47 bits per heavy atom. The third-order valence-electron chi connectivity index (χ3n) is 2.25. The number of amides is 1. The van der Waals surface area contributed by atoms with E-state index < -0.39 is 0 Å². The first-order valence-corrected chi connectivity index (χ1v) is 5.09. The maximum Gasteiger partial charge on any atom is 0.224 e. The number of hydrogen-bond acceptors (Lipinski definition) is 3. The van der Waals surface area contributed by atoms with Crippen molar-refractivity contribution in [3.05, 3.63) is 18.0 Å². The number of rotatable bonds is 5. The van der Waals surface area contributed by atoms with Crippen LogP contribution >= 0.6 is 0 Å². The zero-order chi connectivity index (χ0) is 11.3. The van der Waals surface area contributed by atoms with E-state index in [1.807, 2.05) is 26.2 Å².